The normalized spacial score (nSPS) is 6.75. The molecule has 0 bridgehead atoms. The third kappa shape index (κ3) is 12.3. The van der Waals surface area contributed by atoms with Crippen molar-refractivity contribution in [2.24, 2.45) is 0 Å². The predicted octanol–water partition coefficient (Wildman–Crippen LogP) is -0.300. The summed E-state index contributed by atoms with van der Waals surface area (Å²) in [4.78, 5) is 0.905. The minimum absolute atomic E-state index is 0. The average molecular weight is 310 g/mol. The molecule has 2 rings (SSSR count). The molecule has 0 radical (unpaired) electrons. The van der Waals surface area contributed by atoms with Crippen LogP contribution in [-0.2, 0) is 29.7 Å². The van der Waals surface area contributed by atoms with Gasteiger partial charge in [0.2, 0.25) is 0 Å². The van der Waals surface area contributed by atoms with Gasteiger partial charge in [-0.25, -0.2) is 0 Å². The van der Waals surface area contributed by atoms with Crippen molar-refractivity contribution in [2.75, 3.05) is 0 Å². The second kappa shape index (κ2) is 15.2. The van der Waals surface area contributed by atoms with Crippen LogP contribution in [0.25, 0.3) is 0 Å². The molecule has 0 unspecified atom stereocenters. The van der Waals surface area contributed by atoms with Gasteiger partial charge < -0.3 is 25.0 Å². The maximum absolute atomic E-state index is 4.81. The van der Waals surface area contributed by atoms with E-state index in [1.165, 1.54) is 0 Å². The molecule has 0 heterocycles. The van der Waals surface area contributed by atoms with E-state index in [4.69, 9.17) is 12.6 Å². The fourth-order valence-corrected chi connectivity index (χ4v) is 0.920. The summed E-state index contributed by atoms with van der Waals surface area (Å²) in [7, 11) is 0. The molecule has 4 heteroatoms. The molecule has 0 saturated carbocycles. The van der Waals surface area contributed by atoms with Gasteiger partial charge in [0.15, 0.2) is 0 Å². The molecule has 16 heavy (non-hydrogen) atoms. The SMILES string of the molecule is [Cl-].[Cu+].[Mg+2].[S-]c1ccccc1.[c-]1ccccc1. The van der Waals surface area contributed by atoms with E-state index in [-0.39, 0.29) is 52.5 Å². The zero-order valence-corrected chi connectivity index (χ0v) is 12.5. The molecule has 2 aromatic rings. The molecule has 0 aliphatic carbocycles. The van der Waals surface area contributed by atoms with Crippen LogP contribution in [-0.4, -0.2) is 23.1 Å². The van der Waals surface area contributed by atoms with Gasteiger partial charge in [-0.1, -0.05) is 30.3 Å². The Labute approximate surface area is 136 Å². The Kier molecular flexibility index (Phi) is 20.5. The second-order valence-corrected chi connectivity index (χ2v) is 2.86. The summed E-state index contributed by atoms with van der Waals surface area (Å²) in [6.07, 6.45) is 0. The second-order valence-electron chi connectivity index (χ2n) is 2.39. The molecule has 0 nitrogen and oxygen atoms in total. The van der Waals surface area contributed by atoms with Crippen molar-refractivity contribution in [3.63, 3.8) is 0 Å². The molecule has 2 aromatic carbocycles. The monoisotopic (exact) mass is 308 g/mol. The Morgan fingerprint density at radius 3 is 1.44 bits per heavy atom. The van der Waals surface area contributed by atoms with Crippen molar-refractivity contribution in [1.29, 1.82) is 0 Å². The van der Waals surface area contributed by atoms with E-state index in [1.54, 1.807) is 0 Å². The van der Waals surface area contributed by atoms with Crippen LogP contribution in [0, 0.1) is 6.07 Å². The zero-order chi connectivity index (χ0) is 9.36. The number of hydrogen-bond acceptors (Lipinski definition) is 1. The first kappa shape index (κ1) is 21.5. The van der Waals surface area contributed by atoms with Crippen LogP contribution >= 0.6 is 0 Å². The van der Waals surface area contributed by atoms with Crippen LogP contribution in [0.1, 0.15) is 0 Å². The number of halogens is 1. The molecular formula is C12H10ClCuMgS. The number of rotatable bonds is 0. The molecule has 84 valence electrons. The quantitative estimate of drug-likeness (QED) is 0.366. The van der Waals surface area contributed by atoms with Crippen LogP contribution in [0.2, 0.25) is 0 Å². The van der Waals surface area contributed by atoms with Gasteiger partial charge in [-0.3, -0.25) is 0 Å². The van der Waals surface area contributed by atoms with E-state index in [2.05, 4.69) is 6.07 Å². The number of benzene rings is 2. The van der Waals surface area contributed by atoms with Crippen LogP contribution in [0.4, 0.5) is 0 Å². The van der Waals surface area contributed by atoms with Crippen molar-refractivity contribution in [2.45, 2.75) is 4.90 Å². The number of hydrogen-bond donors (Lipinski definition) is 0. The summed E-state index contributed by atoms with van der Waals surface area (Å²) >= 11 is 4.81. The molecule has 0 aromatic heterocycles. The Hall–Kier alpha value is 0.236. The molecule has 0 atom stereocenters. The standard InChI is InChI=1S/C6H6S.C6H5.ClH.Cu.Mg/c7-6-4-2-1-3-5-6;1-2-4-6-5-3-1;;;/h1-5,7H;1-5H;1H;;/q;-1;;+1;+2/p-2. The van der Waals surface area contributed by atoms with Gasteiger partial charge in [-0.15, -0.1) is 0 Å². The van der Waals surface area contributed by atoms with Crippen molar-refractivity contribution < 1.29 is 29.5 Å². The predicted molar refractivity (Wildman–Crippen MR) is 63.1 cm³/mol. The van der Waals surface area contributed by atoms with Gasteiger partial charge in [0.1, 0.15) is 0 Å². The Balaban J connectivity index is -0.000000179. The molecule has 0 aliphatic rings. The Morgan fingerprint density at radius 2 is 1.25 bits per heavy atom. The molecule has 0 aliphatic heterocycles. The third-order valence-corrected chi connectivity index (χ3v) is 1.62. The summed E-state index contributed by atoms with van der Waals surface area (Å²) in [5.41, 5.74) is 0. The smallest absolute Gasteiger partial charge is 1.00 e. The van der Waals surface area contributed by atoms with Crippen molar-refractivity contribution >= 4 is 35.7 Å². The van der Waals surface area contributed by atoms with E-state index in [0.29, 0.717) is 0 Å². The van der Waals surface area contributed by atoms with Gasteiger partial charge in [0, 0.05) is 0 Å². The first-order valence-electron chi connectivity index (χ1n) is 4.03. The summed E-state index contributed by atoms with van der Waals surface area (Å²) in [6, 6.07) is 22.1. The summed E-state index contributed by atoms with van der Waals surface area (Å²) < 4.78 is 0. The fourth-order valence-electron chi connectivity index (χ4n) is 0.762. The van der Waals surface area contributed by atoms with Gasteiger partial charge in [-0.05, 0) is 0 Å². The minimum atomic E-state index is 0. The van der Waals surface area contributed by atoms with Crippen LogP contribution < -0.4 is 12.4 Å². The zero-order valence-electron chi connectivity index (χ0n) is 8.57. The van der Waals surface area contributed by atoms with Gasteiger partial charge >= 0.3 is 40.1 Å². The maximum Gasteiger partial charge on any atom is 2.00 e. The molecule has 0 N–H and O–H groups in total. The topological polar surface area (TPSA) is 0 Å². The van der Waals surface area contributed by atoms with E-state index in [1.807, 2.05) is 60.7 Å². The summed E-state index contributed by atoms with van der Waals surface area (Å²) in [5.74, 6) is 0. The van der Waals surface area contributed by atoms with Crippen molar-refractivity contribution in [3.05, 3.63) is 66.7 Å². The van der Waals surface area contributed by atoms with Crippen LogP contribution in [0.15, 0.2) is 65.6 Å². The molecule has 0 saturated heterocycles. The third-order valence-electron chi connectivity index (χ3n) is 1.35. The molecular weight excluding hydrogens is 300 g/mol. The van der Waals surface area contributed by atoms with E-state index in [0.717, 1.165) is 4.90 Å². The average Bonchev–Trinajstić information content (AvgIpc) is 2.22. The van der Waals surface area contributed by atoms with E-state index < -0.39 is 0 Å². The van der Waals surface area contributed by atoms with Crippen LogP contribution in [0.5, 0.6) is 0 Å². The van der Waals surface area contributed by atoms with Crippen molar-refractivity contribution in [1.82, 2.24) is 0 Å². The summed E-state index contributed by atoms with van der Waals surface area (Å²) in [5, 5.41) is 0. The van der Waals surface area contributed by atoms with E-state index in [9.17, 15) is 0 Å². The van der Waals surface area contributed by atoms with Gasteiger partial charge in [0.05, 0.1) is 0 Å². The Bertz CT molecular complexity index is 292. The summed E-state index contributed by atoms with van der Waals surface area (Å²) in [6.45, 7) is 0. The van der Waals surface area contributed by atoms with E-state index >= 15 is 0 Å². The largest absolute Gasteiger partial charge is 2.00 e. The first-order chi connectivity index (χ1) is 6.39. The molecule has 0 fully saturated rings. The Morgan fingerprint density at radius 1 is 0.812 bits per heavy atom. The van der Waals surface area contributed by atoms with Crippen molar-refractivity contribution in [3.8, 4) is 0 Å². The van der Waals surface area contributed by atoms with Crippen LogP contribution in [0.3, 0.4) is 0 Å². The van der Waals surface area contributed by atoms with Gasteiger partial charge in [-0.2, -0.15) is 41.3 Å². The minimum Gasteiger partial charge on any atom is -1.00 e. The maximum atomic E-state index is 4.81. The molecule has 0 spiro atoms. The fraction of sp³-hybridized carbons (Fsp3) is 0. The first-order valence-corrected chi connectivity index (χ1v) is 4.43. The molecule has 0 amide bonds. The van der Waals surface area contributed by atoms with Gasteiger partial charge in [0.25, 0.3) is 0 Å².